The molecule has 1 atom stereocenters. The van der Waals surface area contributed by atoms with Gasteiger partial charge in [0.25, 0.3) is 0 Å². The van der Waals surface area contributed by atoms with Crippen LogP contribution in [0.3, 0.4) is 0 Å². The molecule has 1 saturated heterocycles. The van der Waals surface area contributed by atoms with Gasteiger partial charge in [0.15, 0.2) is 0 Å². The molecule has 76 valence electrons. The van der Waals surface area contributed by atoms with E-state index >= 15 is 0 Å². The van der Waals surface area contributed by atoms with Gasteiger partial charge in [0, 0.05) is 25.3 Å². The Morgan fingerprint density at radius 2 is 2.43 bits per heavy atom. The lowest BCUT2D eigenvalue weighted by atomic mass is 10.1. The van der Waals surface area contributed by atoms with Crippen LogP contribution in [0.2, 0.25) is 0 Å². The second-order valence-corrected chi connectivity index (χ2v) is 4.04. The number of nitrogens with two attached hydrogens (primary N) is 1. The zero-order valence-electron chi connectivity index (χ0n) is 8.61. The van der Waals surface area contributed by atoms with Crippen molar-refractivity contribution in [3.8, 4) is 0 Å². The lowest BCUT2D eigenvalue weighted by Crippen LogP contribution is -2.43. The normalized spacial score (nSPS) is 22.4. The van der Waals surface area contributed by atoms with Crippen molar-refractivity contribution in [1.29, 1.82) is 0 Å². The molecular formula is C11H17N3. The fourth-order valence-electron chi connectivity index (χ4n) is 1.91. The molecule has 0 radical (unpaired) electrons. The quantitative estimate of drug-likeness (QED) is 0.728. The number of piperidine rings is 1. The second-order valence-electron chi connectivity index (χ2n) is 4.04. The minimum absolute atomic E-state index is 0.311. The maximum Gasteiger partial charge on any atom is 0.128 e. The molecule has 2 N–H and O–H groups in total. The maximum absolute atomic E-state index is 5.93. The number of anilines is 1. The molecule has 0 bridgehead atoms. The minimum Gasteiger partial charge on any atom is -0.355 e. The number of nitrogens with zero attached hydrogens (tertiary/aromatic N) is 2. The molecule has 1 fully saturated rings. The Balaban J connectivity index is 2.14. The van der Waals surface area contributed by atoms with Crippen molar-refractivity contribution in [2.24, 2.45) is 5.73 Å². The van der Waals surface area contributed by atoms with Gasteiger partial charge in [-0.2, -0.15) is 0 Å². The first kappa shape index (κ1) is 9.46. The number of rotatable bonds is 1. The zero-order valence-corrected chi connectivity index (χ0v) is 8.61. The number of aryl methyl sites for hydroxylation is 1. The molecule has 14 heavy (non-hydrogen) atoms. The van der Waals surface area contributed by atoms with E-state index in [0.29, 0.717) is 6.04 Å². The molecule has 0 saturated carbocycles. The largest absolute Gasteiger partial charge is 0.355 e. The van der Waals surface area contributed by atoms with Gasteiger partial charge in [0.2, 0.25) is 0 Å². The summed E-state index contributed by atoms with van der Waals surface area (Å²) < 4.78 is 0. The van der Waals surface area contributed by atoms with Gasteiger partial charge in [-0.15, -0.1) is 0 Å². The van der Waals surface area contributed by atoms with E-state index in [1.165, 1.54) is 12.0 Å². The van der Waals surface area contributed by atoms with E-state index in [1.54, 1.807) is 0 Å². The Labute approximate surface area is 84.9 Å². The van der Waals surface area contributed by atoms with E-state index in [9.17, 15) is 0 Å². The third-order valence-corrected chi connectivity index (χ3v) is 2.68. The van der Waals surface area contributed by atoms with Crippen LogP contribution < -0.4 is 10.6 Å². The molecule has 1 aromatic rings. The molecule has 2 rings (SSSR count). The summed E-state index contributed by atoms with van der Waals surface area (Å²) in [5.41, 5.74) is 7.19. The van der Waals surface area contributed by atoms with Crippen molar-refractivity contribution in [3.63, 3.8) is 0 Å². The van der Waals surface area contributed by atoms with E-state index in [-0.39, 0.29) is 0 Å². The monoisotopic (exact) mass is 191 g/mol. The van der Waals surface area contributed by atoms with Crippen molar-refractivity contribution in [1.82, 2.24) is 4.98 Å². The van der Waals surface area contributed by atoms with Crippen LogP contribution in [0.4, 0.5) is 5.82 Å². The van der Waals surface area contributed by atoms with Crippen LogP contribution in [0.1, 0.15) is 18.4 Å². The van der Waals surface area contributed by atoms with Gasteiger partial charge < -0.3 is 10.6 Å². The van der Waals surface area contributed by atoms with E-state index in [4.69, 9.17) is 5.73 Å². The van der Waals surface area contributed by atoms with E-state index in [1.807, 2.05) is 12.3 Å². The topological polar surface area (TPSA) is 42.2 Å². The van der Waals surface area contributed by atoms with Crippen molar-refractivity contribution < 1.29 is 0 Å². The Bertz CT molecular complexity index is 311. The molecule has 0 aliphatic carbocycles. The Kier molecular flexibility index (Phi) is 2.68. The van der Waals surface area contributed by atoms with Gasteiger partial charge in [-0.3, -0.25) is 0 Å². The predicted octanol–water partition coefficient (Wildman–Crippen LogP) is 1.32. The molecule has 3 nitrogen and oxygen atoms in total. The fraction of sp³-hybridized carbons (Fsp3) is 0.545. The van der Waals surface area contributed by atoms with Crippen molar-refractivity contribution in [2.75, 3.05) is 18.0 Å². The average Bonchev–Trinajstić information content (AvgIpc) is 2.18. The van der Waals surface area contributed by atoms with Gasteiger partial charge in [-0.1, -0.05) is 0 Å². The van der Waals surface area contributed by atoms with Crippen LogP contribution in [0.15, 0.2) is 18.3 Å². The Morgan fingerprint density at radius 3 is 3.14 bits per heavy atom. The van der Waals surface area contributed by atoms with Crippen molar-refractivity contribution >= 4 is 5.82 Å². The minimum atomic E-state index is 0.311. The molecule has 2 heterocycles. The molecule has 0 amide bonds. The summed E-state index contributed by atoms with van der Waals surface area (Å²) in [6.07, 6.45) is 4.18. The molecule has 1 unspecified atom stereocenters. The standard InChI is InChI=1S/C11H17N3/c1-9-4-5-13-11(7-9)14-6-2-3-10(12)8-14/h4-5,7,10H,2-3,6,8,12H2,1H3. The SMILES string of the molecule is Cc1ccnc(N2CCCC(N)C2)c1. The van der Waals surface area contributed by atoms with Crippen LogP contribution in [-0.2, 0) is 0 Å². The van der Waals surface area contributed by atoms with Crippen LogP contribution in [0, 0.1) is 6.92 Å². The third-order valence-electron chi connectivity index (χ3n) is 2.68. The summed E-state index contributed by atoms with van der Waals surface area (Å²) in [5, 5.41) is 0. The van der Waals surface area contributed by atoms with Gasteiger partial charge in [0.05, 0.1) is 0 Å². The predicted molar refractivity (Wildman–Crippen MR) is 58.4 cm³/mol. The first-order valence-corrected chi connectivity index (χ1v) is 5.19. The Morgan fingerprint density at radius 1 is 1.57 bits per heavy atom. The third kappa shape index (κ3) is 2.04. The first-order valence-electron chi connectivity index (χ1n) is 5.19. The van der Waals surface area contributed by atoms with Crippen LogP contribution in [0.5, 0.6) is 0 Å². The van der Waals surface area contributed by atoms with E-state index < -0.39 is 0 Å². The molecular weight excluding hydrogens is 174 g/mol. The number of pyridine rings is 1. The van der Waals surface area contributed by atoms with Crippen LogP contribution in [-0.4, -0.2) is 24.1 Å². The highest BCUT2D eigenvalue weighted by Gasteiger charge is 2.17. The van der Waals surface area contributed by atoms with Crippen LogP contribution >= 0.6 is 0 Å². The molecule has 3 heteroatoms. The summed E-state index contributed by atoms with van der Waals surface area (Å²) in [6.45, 7) is 4.12. The van der Waals surface area contributed by atoms with Gasteiger partial charge in [0.1, 0.15) is 5.82 Å². The summed E-state index contributed by atoms with van der Waals surface area (Å²) in [5.74, 6) is 1.07. The number of hydrogen-bond acceptors (Lipinski definition) is 3. The van der Waals surface area contributed by atoms with Gasteiger partial charge >= 0.3 is 0 Å². The molecule has 1 aliphatic heterocycles. The van der Waals surface area contributed by atoms with Crippen LogP contribution in [0.25, 0.3) is 0 Å². The lowest BCUT2D eigenvalue weighted by Gasteiger charge is -2.31. The molecule has 1 aromatic heterocycles. The second kappa shape index (κ2) is 3.96. The molecule has 1 aliphatic rings. The van der Waals surface area contributed by atoms with E-state index in [0.717, 1.165) is 25.3 Å². The lowest BCUT2D eigenvalue weighted by molar-refractivity contribution is 0.503. The smallest absolute Gasteiger partial charge is 0.128 e. The highest BCUT2D eigenvalue weighted by atomic mass is 15.2. The van der Waals surface area contributed by atoms with Gasteiger partial charge in [-0.25, -0.2) is 4.98 Å². The highest BCUT2D eigenvalue weighted by molar-refractivity contribution is 5.41. The van der Waals surface area contributed by atoms with Gasteiger partial charge in [-0.05, 0) is 37.5 Å². The van der Waals surface area contributed by atoms with E-state index in [2.05, 4.69) is 22.9 Å². The maximum atomic E-state index is 5.93. The highest BCUT2D eigenvalue weighted by Crippen LogP contribution is 2.17. The first-order chi connectivity index (χ1) is 6.75. The summed E-state index contributed by atoms with van der Waals surface area (Å²) in [7, 11) is 0. The summed E-state index contributed by atoms with van der Waals surface area (Å²) >= 11 is 0. The molecule has 0 aromatic carbocycles. The van der Waals surface area contributed by atoms with Crippen molar-refractivity contribution in [2.45, 2.75) is 25.8 Å². The number of hydrogen-bond donors (Lipinski definition) is 1. The fourth-order valence-corrected chi connectivity index (χ4v) is 1.91. The molecule has 0 spiro atoms. The number of aromatic nitrogens is 1. The Hall–Kier alpha value is -1.09. The zero-order chi connectivity index (χ0) is 9.97. The summed E-state index contributed by atoms with van der Waals surface area (Å²) in [6, 6.07) is 4.46. The van der Waals surface area contributed by atoms with Crippen molar-refractivity contribution in [3.05, 3.63) is 23.9 Å². The summed E-state index contributed by atoms with van der Waals surface area (Å²) in [4.78, 5) is 6.65. The average molecular weight is 191 g/mol.